The van der Waals surface area contributed by atoms with Crippen molar-refractivity contribution in [2.24, 2.45) is 0 Å². The lowest BCUT2D eigenvalue weighted by Gasteiger charge is -2.34. The van der Waals surface area contributed by atoms with Gasteiger partial charge in [-0.15, -0.1) is 0 Å². The Morgan fingerprint density at radius 1 is 1.26 bits per heavy atom. The maximum absolute atomic E-state index is 12.8. The number of hydrogen-bond donors (Lipinski definition) is 1. The van der Waals surface area contributed by atoms with E-state index in [0.717, 1.165) is 0 Å². The molecule has 3 heterocycles. The summed E-state index contributed by atoms with van der Waals surface area (Å²) in [5.74, 6) is 0.872. The number of anilines is 1. The van der Waals surface area contributed by atoms with Crippen LogP contribution in [0.4, 0.5) is 5.82 Å². The summed E-state index contributed by atoms with van der Waals surface area (Å²) in [6.45, 7) is 1.95. The third-order valence-corrected chi connectivity index (χ3v) is 4.75. The summed E-state index contributed by atoms with van der Waals surface area (Å²) >= 11 is 6.07. The second-order valence-electron chi connectivity index (χ2n) is 6.16. The zero-order chi connectivity index (χ0) is 19.0. The van der Waals surface area contributed by atoms with E-state index in [1.165, 1.54) is 13.3 Å². The number of aromatic amines is 1. The molecular weight excluding hydrogens is 372 g/mol. The molecule has 1 fully saturated rings. The summed E-state index contributed by atoms with van der Waals surface area (Å²) in [6.07, 6.45) is 3.04. The summed E-state index contributed by atoms with van der Waals surface area (Å²) < 4.78 is 11.0. The molecule has 0 saturated carbocycles. The van der Waals surface area contributed by atoms with Gasteiger partial charge in [-0.2, -0.15) is 0 Å². The van der Waals surface area contributed by atoms with Gasteiger partial charge in [0, 0.05) is 55.0 Å². The second kappa shape index (κ2) is 6.96. The third kappa shape index (κ3) is 3.23. The second-order valence-corrected chi connectivity index (χ2v) is 6.59. The minimum absolute atomic E-state index is 0.209. The highest BCUT2D eigenvalue weighted by atomic mass is 35.5. The first-order chi connectivity index (χ1) is 13.1. The number of hydrogen-bond acceptors (Lipinski definition) is 6. The molecule has 4 rings (SSSR count). The predicted molar refractivity (Wildman–Crippen MR) is 101 cm³/mol. The van der Waals surface area contributed by atoms with Gasteiger partial charge in [-0.05, 0) is 12.1 Å². The number of halogens is 1. The van der Waals surface area contributed by atoms with E-state index in [-0.39, 0.29) is 17.2 Å². The number of aromatic nitrogens is 2. The number of piperazine rings is 1. The van der Waals surface area contributed by atoms with Crippen LogP contribution >= 0.6 is 11.6 Å². The molecule has 1 aromatic carbocycles. The summed E-state index contributed by atoms with van der Waals surface area (Å²) in [6, 6.07) is 5.04. The highest BCUT2D eigenvalue weighted by Crippen LogP contribution is 2.32. The lowest BCUT2D eigenvalue weighted by molar-refractivity contribution is 0.0716. The first-order valence-corrected chi connectivity index (χ1v) is 8.79. The van der Waals surface area contributed by atoms with E-state index in [1.54, 1.807) is 29.3 Å². The van der Waals surface area contributed by atoms with Crippen molar-refractivity contribution in [2.75, 3.05) is 38.2 Å². The molecule has 1 N–H and O–H groups in total. The van der Waals surface area contributed by atoms with E-state index < -0.39 is 0 Å². The molecule has 2 aromatic heterocycles. The van der Waals surface area contributed by atoms with E-state index in [0.29, 0.717) is 53.7 Å². The lowest BCUT2D eigenvalue weighted by Crippen LogP contribution is -2.50. The van der Waals surface area contributed by atoms with Crippen LogP contribution in [0.2, 0.25) is 5.02 Å². The van der Waals surface area contributed by atoms with Crippen molar-refractivity contribution in [3.63, 3.8) is 0 Å². The number of nitrogens with zero attached hydrogens (tertiary/aromatic N) is 3. The number of furan rings is 1. The number of ether oxygens (including phenoxy) is 1. The van der Waals surface area contributed by atoms with Crippen LogP contribution < -0.4 is 15.2 Å². The number of carbonyl (C=O) groups is 1. The number of H-pyrrole nitrogens is 1. The van der Waals surface area contributed by atoms with Crippen molar-refractivity contribution in [3.05, 3.63) is 51.7 Å². The van der Waals surface area contributed by atoms with Gasteiger partial charge in [-0.1, -0.05) is 11.6 Å². The molecule has 27 heavy (non-hydrogen) atoms. The zero-order valence-electron chi connectivity index (χ0n) is 14.6. The molecule has 0 radical (unpaired) electrons. The van der Waals surface area contributed by atoms with Gasteiger partial charge in [0.25, 0.3) is 11.5 Å². The van der Waals surface area contributed by atoms with Crippen molar-refractivity contribution in [1.29, 1.82) is 0 Å². The maximum atomic E-state index is 12.8. The van der Waals surface area contributed by atoms with Gasteiger partial charge in [-0.3, -0.25) is 9.59 Å². The van der Waals surface area contributed by atoms with Gasteiger partial charge in [0.2, 0.25) is 0 Å². The first kappa shape index (κ1) is 17.4. The Bertz CT molecular complexity index is 1050. The molecular formula is C18H17ClN4O4. The van der Waals surface area contributed by atoms with Crippen LogP contribution in [0.3, 0.4) is 0 Å². The Morgan fingerprint density at radius 2 is 2.04 bits per heavy atom. The molecule has 0 spiro atoms. The van der Waals surface area contributed by atoms with Crippen LogP contribution in [0.1, 0.15) is 10.6 Å². The van der Waals surface area contributed by atoms with Crippen LogP contribution in [0.25, 0.3) is 11.0 Å². The van der Waals surface area contributed by atoms with Crippen LogP contribution in [-0.4, -0.2) is 54.1 Å². The molecule has 0 aliphatic carbocycles. The van der Waals surface area contributed by atoms with Gasteiger partial charge in [0.15, 0.2) is 22.9 Å². The fraction of sp³-hybridized carbons (Fsp3) is 0.278. The van der Waals surface area contributed by atoms with Crippen molar-refractivity contribution in [3.8, 4) is 5.75 Å². The van der Waals surface area contributed by atoms with Crippen molar-refractivity contribution in [1.82, 2.24) is 14.9 Å². The van der Waals surface area contributed by atoms with E-state index >= 15 is 0 Å². The molecule has 1 saturated heterocycles. The van der Waals surface area contributed by atoms with Gasteiger partial charge < -0.3 is 23.9 Å². The van der Waals surface area contributed by atoms with Gasteiger partial charge in [0.1, 0.15) is 0 Å². The molecule has 140 valence electrons. The smallest absolute Gasteiger partial charge is 0.290 e. The summed E-state index contributed by atoms with van der Waals surface area (Å²) in [5, 5.41) is 1.22. The minimum atomic E-state index is -0.237. The summed E-state index contributed by atoms with van der Waals surface area (Å²) in [4.78, 5) is 35.0. The number of amides is 1. The molecule has 1 aliphatic heterocycles. The van der Waals surface area contributed by atoms with Crippen LogP contribution in [0.5, 0.6) is 5.75 Å². The zero-order valence-corrected chi connectivity index (χ0v) is 15.3. The Kier molecular flexibility index (Phi) is 4.49. The Morgan fingerprint density at radius 3 is 2.74 bits per heavy atom. The molecule has 0 bridgehead atoms. The molecule has 1 amide bonds. The SMILES string of the molecule is COc1cc(Cl)cc2cc(C(=O)N3CCN(c4ncc[nH]c4=O)CC3)oc12. The van der Waals surface area contributed by atoms with E-state index in [4.69, 9.17) is 20.8 Å². The minimum Gasteiger partial charge on any atom is -0.493 e. The monoisotopic (exact) mass is 388 g/mol. The normalized spacial score (nSPS) is 14.6. The van der Waals surface area contributed by atoms with Crippen molar-refractivity contribution in [2.45, 2.75) is 0 Å². The molecule has 9 heteroatoms. The van der Waals surface area contributed by atoms with Crippen LogP contribution in [0, 0.1) is 0 Å². The van der Waals surface area contributed by atoms with Crippen molar-refractivity contribution >= 4 is 34.3 Å². The topological polar surface area (TPSA) is 91.7 Å². The number of methoxy groups -OCH3 is 1. The Balaban J connectivity index is 1.52. The summed E-state index contributed by atoms with van der Waals surface area (Å²) in [7, 11) is 1.52. The molecule has 0 atom stereocenters. The Labute approximate surface area is 159 Å². The number of carbonyl (C=O) groups excluding carboxylic acids is 1. The van der Waals surface area contributed by atoms with Gasteiger partial charge in [0.05, 0.1) is 7.11 Å². The third-order valence-electron chi connectivity index (χ3n) is 4.53. The van der Waals surface area contributed by atoms with Gasteiger partial charge >= 0.3 is 0 Å². The van der Waals surface area contributed by atoms with Crippen LogP contribution in [0.15, 0.2) is 39.8 Å². The Hall–Kier alpha value is -3.00. The van der Waals surface area contributed by atoms with E-state index in [9.17, 15) is 9.59 Å². The molecule has 3 aromatic rings. The molecule has 0 unspecified atom stereocenters. The fourth-order valence-corrected chi connectivity index (χ4v) is 3.41. The standard InChI is InChI=1S/C18H17ClN4O4/c1-26-13-10-12(19)8-11-9-14(27-15(11)13)18(25)23-6-4-22(5-7-23)16-17(24)21-3-2-20-16/h2-3,8-10H,4-7H2,1H3,(H,21,24). The number of rotatable bonds is 3. The quantitative estimate of drug-likeness (QED) is 0.739. The number of nitrogens with one attached hydrogen (secondary N) is 1. The lowest BCUT2D eigenvalue weighted by atomic mass is 10.2. The summed E-state index contributed by atoms with van der Waals surface area (Å²) in [5.41, 5.74) is 0.252. The predicted octanol–water partition coefficient (Wildman–Crippen LogP) is 2.14. The maximum Gasteiger partial charge on any atom is 0.290 e. The van der Waals surface area contributed by atoms with Crippen molar-refractivity contribution < 1.29 is 13.9 Å². The highest BCUT2D eigenvalue weighted by Gasteiger charge is 2.26. The average Bonchev–Trinajstić information content (AvgIpc) is 3.11. The largest absolute Gasteiger partial charge is 0.493 e. The number of fused-ring (bicyclic) bond motifs is 1. The van der Waals surface area contributed by atoms with Crippen LogP contribution in [-0.2, 0) is 0 Å². The number of benzene rings is 1. The van der Waals surface area contributed by atoms with E-state index in [1.807, 2.05) is 4.90 Å². The molecule has 8 nitrogen and oxygen atoms in total. The van der Waals surface area contributed by atoms with E-state index in [2.05, 4.69) is 9.97 Å². The molecule has 1 aliphatic rings. The fourth-order valence-electron chi connectivity index (χ4n) is 3.19. The van der Waals surface area contributed by atoms with Gasteiger partial charge in [-0.25, -0.2) is 4.98 Å². The first-order valence-electron chi connectivity index (χ1n) is 8.42. The highest BCUT2D eigenvalue weighted by molar-refractivity contribution is 6.31. The average molecular weight is 389 g/mol.